The molecule has 18 heavy (non-hydrogen) atoms. The largest absolute Gasteiger partial charge is 0.334 e. The monoisotopic (exact) mass is 325 g/mol. The number of hydrogen-bond donors (Lipinski definition) is 1. The van der Waals surface area contributed by atoms with Gasteiger partial charge in [0.25, 0.3) is 5.56 Å². The summed E-state index contributed by atoms with van der Waals surface area (Å²) in [5.41, 5.74) is -0.864. The van der Waals surface area contributed by atoms with Gasteiger partial charge in [-0.1, -0.05) is 27.5 Å². The third-order valence-corrected chi connectivity index (χ3v) is 2.92. The second-order valence-corrected chi connectivity index (χ2v) is 4.69. The van der Waals surface area contributed by atoms with Gasteiger partial charge in [-0.05, 0) is 18.2 Å². The molecule has 1 aromatic carbocycles. The molecule has 0 atom stereocenters. The molecule has 2 aromatic rings. The lowest BCUT2D eigenvalue weighted by Gasteiger charge is -2.06. The van der Waals surface area contributed by atoms with Crippen molar-refractivity contribution >= 4 is 27.5 Å². The lowest BCUT2D eigenvalue weighted by molar-refractivity contribution is 0.873. The second kappa shape index (κ2) is 4.80. The summed E-state index contributed by atoms with van der Waals surface area (Å²) in [6.07, 6.45) is 0. The van der Waals surface area contributed by atoms with E-state index in [1.807, 2.05) is 6.07 Å². The first-order valence-corrected chi connectivity index (χ1v) is 5.92. The molecule has 0 unspecified atom stereocenters. The quantitative estimate of drug-likeness (QED) is 0.812. The Morgan fingerprint density at radius 3 is 2.67 bits per heavy atom. The van der Waals surface area contributed by atoms with Crippen LogP contribution in [0.3, 0.4) is 0 Å². The van der Waals surface area contributed by atoms with E-state index in [1.54, 1.807) is 6.07 Å². The Labute approximate surface area is 114 Å². The SMILES string of the molecule is N#Cc1cc(Br)ccc1-n1c(=O)cc(Cl)[nH]c1=O. The molecule has 0 amide bonds. The van der Waals surface area contributed by atoms with Gasteiger partial charge in [-0.15, -0.1) is 0 Å². The smallest absolute Gasteiger partial charge is 0.297 e. The molecular weight excluding hydrogens is 321 g/mol. The van der Waals surface area contributed by atoms with E-state index in [1.165, 1.54) is 12.1 Å². The van der Waals surface area contributed by atoms with Gasteiger partial charge in [0.2, 0.25) is 0 Å². The first-order valence-electron chi connectivity index (χ1n) is 4.75. The Hall–Kier alpha value is -1.84. The van der Waals surface area contributed by atoms with Crippen LogP contribution >= 0.6 is 27.5 Å². The Bertz CT molecular complexity index is 742. The number of aromatic nitrogens is 2. The minimum atomic E-state index is -0.689. The third kappa shape index (κ3) is 2.23. The van der Waals surface area contributed by atoms with Gasteiger partial charge >= 0.3 is 5.69 Å². The average molecular weight is 327 g/mol. The van der Waals surface area contributed by atoms with Gasteiger partial charge < -0.3 is 0 Å². The van der Waals surface area contributed by atoms with Gasteiger partial charge in [-0.2, -0.15) is 5.26 Å². The summed E-state index contributed by atoms with van der Waals surface area (Å²) in [5, 5.41) is 8.97. The standard InChI is InChI=1S/C11H5BrClN3O2/c12-7-1-2-8(6(3-7)5-14)16-10(17)4-9(13)15-11(16)18/h1-4H,(H,15,18). The number of aromatic amines is 1. The Kier molecular flexibility index (Phi) is 3.36. The highest BCUT2D eigenvalue weighted by Gasteiger charge is 2.10. The zero-order valence-electron chi connectivity index (χ0n) is 8.78. The van der Waals surface area contributed by atoms with Crippen molar-refractivity contribution < 1.29 is 0 Å². The molecule has 0 fully saturated rings. The van der Waals surface area contributed by atoms with Crippen LogP contribution in [0.1, 0.15) is 5.56 Å². The van der Waals surface area contributed by atoms with E-state index in [4.69, 9.17) is 16.9 Å². The summed E-state index contributed by atoms with van der Waals surface area (Å²) in [5.74, 6) is 0. The van der Waals surface area contributed by atoms with Crippen LogP contribution in [0.25, 0.3) is 5.69 Å². The average Bonchev–Trinajstić information content (AvgIpc) is 2.29. The summed E-state index contributed by atoms with van der Waals surface area (Å²) in [4.78, 5) is 25.8. The molecule has 0 saturated carbocycles. The molecule has 0 bridgehead atoms. The van der Waals surface area contributed by atoms with E-state index in [0.29, 0.717) is 4.47 Å². The van der Waals surface area contributed by atoms with Crippen LogP contribution in [0.5, 0.6) is 0 Å². The van der Waals surface area contributed by atoms with Crippen LogP contribution in [-0.2, 0) is 0 Å². The molecule has 0 aliphatic rings. The first kappa shape index (κ1) is 12.6. The van der Waals surface area contributed by atoms with Gasteiger partial charge in [0.1, 0.15) is 11.2 Å². The fraction of sp³-hybridized carbons (Fsp3) is 0. The number of hydrogen-bond acceptors (Lipinski definition) is 3. The van der Waals surface area contributed by atoms with E-state index < -0.39 is 11.2 Å². The number of nitrogens with one attached hydrogen (secondary N) is 1. The highest BCUT2D eigenvalue weighted by atomic mass is 79.9. The van der Waals surface area contributed by atoms with Crippen molar-refractivity contribution in [3.63, 3.8) is 0 Å². The van der Waals surface area contributed by atoms with Gasteiger partial charge in [-0.3, -0.25) is 9.78 Å². The molecule has 1 N–H and O–H groups in total. The minimum Gasteiger partial charge on any atom is -0.297 e. The van der Waals surface area contributed by atoms with Crippen LogP contribution in [0.4, 0.5) is 0 Å². The molecule has 0 radical (unpaired) electrons. The molecule has 2 rings (SSSR count). The third-order valence-electron chi connectivity index (χ3n) is 2.22. The highest BCUT2D eigenvalue weighted by molar-refractivity contribution is 9.10. The van der Waals surface area contributed by atoms with Crippen LogP contribution < -0.4 is 11.2 Å². The summed E-state index contributed by atoms with van der Waals surface area (Å²) >= 11 is 8.78. The van der Waals surface area contributed by atoms with Gasteiger partial charge in [0.05, 0.1) is 11.3 Å². The van der Waals surface area contributed by atoms with Crippen molar-refractivity contribution in [1.29, 1.82) is 5.26 Å². The van der Waals surface area contributed by atoms with Crippen molar-refractivity contribution in [3.8, 4) is 11.8 Å². The molecule has 1 heterocycles. The Morgan fingerprint density at radius 2 is 2.06 bits per heavy atom. The minimum absolute atomic E-state index is 0.0446. The number of nitrogens with zero attached hydrogens (tertiary/aromatic N) is 2. The molecule has 0 spiro atoms. The van der Waals surface area contributed by atoms with Gasteiger partial charge in [-0.25, -0.2) is 9.36 Å². The van der Waals surface area contributed by atoms with Gasteiger partial charge in [0.15, 0.2) is 0 Å². The number of H-pyrrole nitrogens is 1. The molecule has 0 aliphatic heterocycles. The maximum atomic E-state index is 11.8. The first-order chi connectivity index (χ1) is 8.52. The number of nitriles is 1. The molecule has 0 saturated heterocycles. The molecule has 5 nitrogen and oxygen atoms in total. The summed E-state index contributed by atoms with van der Waals surface area (Å²) < 4.78 is 1.54. The lowest BCUT2D eigenvalue weighted by Crippen LogP contribution is -2.33. The number of halogens is 2. The maximum absolute atomic E-state index is 11.8. The van der Waals surface area contributed by atoms with E-state index in [-0.39, 0.29) is 16.4 Å². The number of benzene rings is 1. The zero-order chi connectivity index (χ0) is 13.3. The van der Waals surface area contributed by atoms with Crippen LogP contribution in [0, 0.1) is 11.3 Å². The fourth-order valence-electron chi connectivity index (χ4n) is 1.49. The topological polar surface area (TPSA) is 78.7 Å². The predicted octanol–water partition coefficient (Wildman–Crippen LogP) is 1.81. The van der Waals surface area contributed by atoms with Crippen molar-refractivity contribution in [2.45, 2.75) is 0 Å². The summed E-state index contributed by atoms with van der Waals surface area (Å²) in [6.45, 7) is 0. The predicted molar refractivity (Wildman–Crippen MR) is 70.1 cm³/mol. The molecule has 0 aliphatic carbocycles. The van der Waals surface area contributed by atoms with Crippen molar-refractivity contribution in [1.82, 2.24) is 9.55 Å². The maximum Gasteiger partial charge on any atom is 0.334 e. The Morgan fingerprint density at radius 1 is 1.33 bits per heavy atom. The Balaban J connectivity index is 2.83. The van der Waals surface area contributed by atoms with Crippen LogP contribution in [0.15, 0.2) is 38.3 Å². The molecule has 90 valence electrons. The summed E-state index contributed by atoms with van der Waals surface area (Å²) in [7, 11) is 0. The van der Waals surface area contributed by atoms with Crippen molar-refractivity contribution in [2.75, 3.05) is 0 Å². The summed E-state index contributed by atoms with van der Waals surface area (Å²) in [6, 6.07) is 7.67. The van der Waals surface area contributed by atoms with Crippen LogP contribution in [0.2, 0.25) is 5.15 Å². The van der Waals surface area contributed by atoms with E-state index in [9.17, 15) is 9.59 Å². The molecular formula is C11H5BrClN3O2. The fourth-order valence-corrected chi connectivity index (χ4v) is 2.02. The van der Waals surface area contributed by atoms with Gasteiger partial charge in [0, 0.05) is 10.5 Å². The normalized spacial score (nSPS) is 10.1. The number of rotatable bonds is 1. The lowest BCUT2D eigenvalue weighted by atomic mass is 10.2. The van der Waals surface area contributed by atoms with E-state index >= 15 is 0 Å². The molecule has 1 aromatic heterocycles. The highest BCUT2D eigenvalue weighted by Crippen LogP contribution is 2.17. The van der Waals surface area contributed by atoms with Crippen LogP contribution in [-0.4, -0.2) is 9.55 Å². The second-order valence-electron chi connectivity index (χ2n) is 3.37. The van der Waals surface area contributed by atoms with Crippen molar-refractivity contribution in [2.24, 2.45) is 0 Å². The van der Waals surface area contributed by atoms with E-state index in [2.05, 4.69) is 20.9 Å². The molecule has 7 heteroatoms. The van der Waals surface area contributed by atoms with E-state index in [0.717, 1.165) is 10.6 Å². The zero-order valence-corrected chi connectivity index (χ0v) is 11.1. The van der Waals surface area contributed by atoms with Crippen molar-refractivity contribution in [3.05, 3.63) is 60.3 Å².